The van der Waals surface area contributed by atoms with Gasteiger partial charge in [-0.1, -0.05) is 12.2 Å². The summed E-state index contributed by atoms with van der Waals surface area (Å²) in [6.45, 7) is -2.52. The van der Waals surface area contributed by atoms with Crippen LogP contribution in [0.5, 0.6) is 0 Å². The Morgan fingerprint density at radius 2 is 2.00 bits per heavy atom. The molecule has 6 nitrogen and oxygen atoms in total. The van der Waals surface area contributed by atoms with E-state index in [0.717, 1.165) is 0 Å². The first-order valence-corrected chi connectivity index (χ1v) is 5.87. The number of carboxylic acids is 1. The molecule has 0 aliphatic heterocycles. The fourth-order valence-corrected chi connectivity index (χ4v) is 1.83. The van der Waals surface area contributed by atoms with Gasteiger partial charge in [0.15, 0.2) is 0 Å². The molecule has 3 N–H and O–H groups in total. The highest BCUT2D eigenvalue weighted by Gasteiger charge is 2.34. The zero-order valence-corrected chi connectivity index (χ0v) is 10.4. The van der Waals surface area contributed by atoms with Crippen molar-refractivity contribution in [2.75, 3.05) is 19.7 Å². The number of aliphatic hydroxyl groups is 1. The van der Waals surface area contributed by atoms with Crippen molar-refractivity contribution in [1.29, 1.82) is 0 Å². The van der Waals surface area contributed by atoms with Crippen molar-refractivity contribution in [2.45, 2.75) is 18.6 Å². The molecule has 1 aliphatic carbocycles. The van der Waals surface area contributed by atoms with E-state index in [4.69, 9.17) is 10.2 Å². The monoisotopic (exact) mass is 296 g/mol. The van der Waals surface area contributed by atoms with Gasteiger partial charge < -0.3 is 20.4 Å². The Hall–Kier alpha value is -1.77. The first kappa shape index (κ1) is 16.3. The predicted molar refractivity (Wildman–Crippen MR) is 61.9 cm³/mol. The number of carbonyl (C=O) groups excluding carboxylic acids is 1. The van der Waals surface area contributed by atoms with Crippen LogP contribution in [0.1, 0.15) is 6.42 Å². The number of rotatable bonds is 5. The Kier molecular flexibility index (Phi) is 5.37. The summed E-state index contributed by atoms with van der Waals surface area (Å²) >= 11 is 0. The van der Waals surface area contributed by atoms with E-state index in [9.17, 15) is 22.8 Å². The van der Waals surface area contributed by atoms with Crippen molar-refractivity contribution in [2.24, 2.45) is 5.92 Å². The van der Waals surface area contributed by atoms with Gasteiger partial charge >= 0.3 is 18.2 Å². The minimum Gasteiger partial charge on any atom is -0.481 e. The summed E-state index contributed by atoms with van der Waals surface area (Å²) in [5.74, 6) is -1.81. The van der Waals surface area contributed by atoms with Crippen LogP contribution in [0.2, 0.25) is 0 Å². The molecule has 0 bridgehead atoms. The third-order valence-corrected chi connectivity index (χ3v) is 2.74. The first-order chi connectivity index (χ1) is 9.23. The molecule has 114 valence electrons. The molecule has 0 aromatic carbocycles. The highest BCUT2D eigenvalue weighted by Crippen LogP contribution is 2.19. The van der Waals surface area contributed by atoms with Gasteiger partial charge in [0, 0.05) is 6.54 Å². The number of alkyl halides is 3. The van der Waals surface area contributed by atoms with Gasteiger partial charge in [0.25, 0.3) is 0 Å². The highest BCUT2D eigenvalue weighted by atomic mass is 19.4. The lowest BCUT2D eigenvalue weighted by Gasteiger charge is -2.25. The number of nitrogens with zero attached hydrogens (tertiary/aromatic N) is 1. The normalized spacial score (nSPS) is 21.8. The summed E-state index contributed by atoms with van der Waals surface area (Å²) < 4.78 is 36.8. The van der Waals surface area contributed by atoms with Gasteiger partial charge in [-0.25, -0.2) is 4.79 Å². The number of hydrogen-bond donors (Lipinski definition) is 3. The van der Waals surface area contributed by atoms with Gasteiger partial charge in [-0.3, -0.25) is 4.79 Å². The van der Waals surface area contributed by atoms with Crippen molar-refractivity contribution >= 4 is 12.0 Å². The molecule has 2 unspecified atom stereocenters. The number of halogens is 3. The summed E-state index contributed by atoms with van der Waals surface area (Å²) in [7, 11) is 0. The van der Waals surface area contributed by atoms with Crippen molar-refractivity contribution < 1.29 is 33.0 Å². The minimum atomic E-state index is -4.57. The Bertz CT molecular complexity index is 398. The van der Waals surface area contributed by atoms with Gasteiger partial charge in [-0.15, -0.1) is 0 Å². The molecular weight excluding hydrogens is 281 g/mol. The number of carboxylic acid groups (broad SMARTS) is 1. The second-order valence-electron chi connectivity index (χ2n) is 4.38. The van der Waals surface area contributed by atoms with Gasteiger partial charge in [0.2, 0.25) is 0 Å². The number of aliphatic carboxylic acids is 1. The number of aliphatic hydroxyl groups excluding tert-OH is 1. The Morgan fingerprint density at radius 3 is 2.45 bits per heavy atom. The molecule has 0 radical (unpaired) electrons. The van der Waals surface area contributed by atoms with Crippen LogP contribution in [0.3, 0.4) is 0 Å². The molecule has 9 heteroatoms. The van der Waals surface area contributed by atoms with E-state index in [2.05, 4.69) is 5.32 Å². The quantitative estimate of drug-likeness (QED) is 0.647. The number of amides is 2. The Labute approximate surface area is 112 Å². The van der Waals surface area contributed by atoms with Crippen LogP contribution >= 0.6 is 0 Å². The molecule has 0 saturated heterocycles. The second kappa shape index (κ2) is 6.60. The van der Waals surface area contributed by atoms with E-state index < -0.39 is 49.8 Å². The largest absolute Gasteiger partial charge is 0.481 e. The van der Waals surface area contributed by atoms with Crippen LogP contribution in [-0.2, 0) is 4.79 Å². The number of urea groups is 1. The molecule has 1 rings (SSSR count). The molecule has 1 aliphatic rings. The van der Waals surface area contributed by atoms with E-state index in [1.54, 1.807) is 0 Å². The molecule has 0 heterocycles. The van der Waals surface area contributed by atoms with Crippen LogP contribution in [0.4, 0.5) is 18.0 Å². The van der Waals surface area contributed by atoms with Crippen LogP contribution in [0.25, 0.3) is 0 Å². The van der Waals surface area contributed by atoms with Crippen LogP contribution in [-0.4, -0.2) is 59.0 Å². The zero-order chi connectivity index (χ0) is 15.3. The van der Waals surface area contributed by atoms with Crippen molar-refractivity contribution in [3.63, 3.8) is 0 Å². The van der Waals surface area contributed by atoms with E-state index in [0.29, 0.717) is 4.90 Å². The highest BCUT2D eigenvalue weighted by molar-refractivity contribution is 5.76. The maximum absolute atomic E-state index is 12.3. The molecule has 0 spiro atoms. The maximum atomic E-state index is 12.3. The molecule has 0 aromatic heterocycles. The maximum Gasteiger partial charge on any atom is 0.406 e. The van der Waals surface area contributed by atoms with E-state index in [1.165, 1.54) is 12.2 Å². The van der Waals surface area contributed by atoms with Crippen LogP contribution < -0.4 is 5.32 Å². The van der Waals surface area contributed by atoms with Crippen molar-refractivity contribution in [1.82, 2.24) is 10.2 Å². The zero-order valence-electron chi connectivity index (χ0n) is 10.4. The van der Waals surface area contributed by atoms with E-state index in [-0.39, 0.29) is 6.42 Å². The van der Waals surface area contributed by atoms with Gasteiger partial charge in [-0.2, -0.15) is 13.2 Å². The van der Waals surface area contributed by atoms with E-state index in [1.807, 2.05) is 0 Å². The topological polar surface area (TPSA) is 89.9 Å². The lowest BCUT2D eigenvalue weighted by atomic mass is 10.1. The molecule has 0 fully saturated rings. The fourth-order valence-electron chi connectivity index (χ4n) is 1.83. The molecule has 2 atom stereocenters. The second-order valence-corrected chi connectivity index (χ2v) is 4.38. The Morgan fingerprint density at radius 1 is 1.35 bits per heavy atom. The summed E-state index contributed by atoms with van der Waals surface area (Å²) in [5.41, 5.74) is 0. The lowest BCUT2D eigenvalue weighted by Crippen LogP contribution is -2.48. The fraction of sp³-hybridized carbons (Fsp3) is 0.636. The molecule has 0 saturated carbocycles. The molecule has 2 amide bonds. The minimum absolute atomic E-state index is 0.0973. The first-order valence-electron chi connectivity index (χ1n) is 5.87. The number of hydrogen-bond acceptors (Lipinski definition) is 3. The average molecular weight is 296 g/mol. The third kappa shape index (κ3) is 5.08. The summed E-state index contributed by atoms with van der Waals surface area (Å²) in [6, 6.07) is -1.62. The van der Waals surface area contributed by atoms with Crippen LogP contribution in [0.15, 0.2) is 12.2 Å². The van der Waals surface area contributed by atoms with Gasteiger partial charge in [-0.05, 0) is 6.42 Å². The Balaban J connectivity index is 2.55. The molecule has 20 heavy (non-hydrogen) atoms. The van der Waals surface area contributed by atoms with Crippen LogP contribution in [0, 0.1) is 5.92 Å². The van der Waals surface area contributed by atoms with Crippen molar-refractivity contribution in [3.05, 3.63) is 12.2 Å². The average Bonchev–Trinajstić information content (AvgIpc) is 2.75. The van der Waals surface area contributed by atoms with E-state index >= 15 is 0 Å². The van der Waals surface area contributed by atoms with Crippen molar-refractivity contribution in [3.8, 4) is 0 Å². The number of nitrogens with one attached hydrogen (secondary N) is 1. The summed E-state index contributed by atoms with van der Waals surface area (Å²) in [6.07, 6.45) is -1.66. The smallest absolute Gasteiger partial charge is 0.406 e. The third-order valence-electron chi connectivity index (χ3n) is 2.74. The molecule has 0 aromatic rings. The summed E-state index contributed by atoms with van der Waals surface area (Å²) in [4.78, 5) is 22.8. The standard InChI is InChI=1S/C11H15F3N2O4/c12-11(13,14)6-16(3-4-17)10(20)15-8-2-1-7(5-8)9(18)19/h1-2,7-8,17H,3-6H2,(H,15,20)(H,18,19). The van der Waals surface area contributed by atoms with Gasteiger partial charge in [0.05, 0.1) is 18.6 Å². The number of carbonyl (C=O) groups is 2. The SMILES string of the molecule is O=C(O)C1C=CC(NC(=O)N(CCO)CC(F)(F)F)C1. The lowest BCUT2D eigenvalue weighted by molar-refractivity contribution is -0.140. The molecular formula is C11H15F3N2O4. The predicted octanol–water partition coefficient (Wildman–Crippen LogP) is 0.582. The summed E-state index contributed by atoms with van der Waals surface area (Å²) in [5, 5.41) is 19.7. The van der Waals surface area contributed by atoms with Gasteiger partial charge in [0.1, 0.15) is 6.54 Å².